The Kier molecular flexibility index (Phi) is 3.52. The van der Waals surface area contributed by atoms with Crippen LogP contribution in [0.3, 0.4) is 0 Å². The molecule has 21 heavy (non-hydrogen) atoms. The van der Waals surface area contributed by atoms with E-state index >= 15 is 0 Å². The van der Waals surface area contributed by atoms with E-state index in [1.807, 2.05) is 0 Å². The van der Waals surface area contributed by atoms with Crippen molar-refractivity contribution in [1.29, 1.82) is 0 Å². The monoisotopic (exact) mass is 277 g/mol. The average Bonchev–Trinajstić information content (AvgIpc) is 3.41. The highest BCUT2D eigenvalue weighted by Crippen LogP contribution is 2.43. The van der Waals surface area contributed by atoms with Crippen LogP contribution in [-0.2, 0) is 6.54 Å². The van der Waals surface area contributed by atoms with Gasteiger partial charge in [0.15, 0.2) is 0 Å². The molecule has 1 nitrogen and oxygen atoms in total. The number of hydrogen-bond donors (Lipinski definition) is 1. The highest BCUT2D eigenvalue weighted by Gasteiger charge is 2.32. The van der Waals surface area contributed by atoms with Crippen molar-refractivity contribution in [1.82, 2.24) is 5.32 Å². The summed E-state index contributed by atoms with van der Waals surface area (Å²) < 4.78 is 0. The third-order valence-electron chi connectivity index (χ3n) is 4.84. The molecule has 0 aliphatic heterocycles. The molecule has 108 valence electrons. The third-order valence-corrected chi connectivity index (χ3v) is 4.84. The molecule has 4 rings (SSSR count). The van der Waals surface area contributed by atoms with E-state index in [0.717, 1.165) is 18.4 Å². The van der Waals surface area contributed by atoms with Crippen molar-refractivity contribution in [2.45, 2.75) is 44.2 Å². The van der Waals surface area contributed by atoms with Crippen LogP contribution in [-0.4, -0.2) is 0 Å². The molecule has 0 saturated heterocycles. The predicted molar refractivity (Wildman–Crippen MR) is 87.2 cm³/mol. The second-order valence-electron chi connectivity index (χ2n) is 6.58. The van der Waals surface area contributed by atoms with Crippen LogP contribution in [0, 0.1) is 5.92 Å². The zero-order chi connectivity index (χ0) is 14.1. The first-order valence-electron chi connectivity index (χ1n) is 8.28. The maximum atomic E-state index is 3.84. The summed E-state index contributed by atoms with van der Waals surface area (Å²) in [5.74, 6) is 1.67. The van der Waals surface area contributed by atoms with Crippen molar-refractivity contribution in [3.05, 3.63) is 71.3 Å². The van der Waals surface area contributed by atoms with Crippen LogP contribution in [0.25, 0.3) is 0 Å². The van der Waals surface area contributed by atoms with Gasteiger partial charge in [0.1, 0.15) is 0 Å². The van der Waals surface area contributed by atoms with Gasteiger partial charge in [-0.15, -0.1) is 0 Å². The van der Waals surface area contributed by atoms with Gasteiger partial charge in [-0.1, -0.05) is 54.6 Å². The van der Waals surface area contributed by atoms with E-state index in [4.69, 9.17) is 0 Å². The first kappa shape index (κ1) is 13.1. The van der Waals surface area contributed by atoms with Crippen molar-refractivity contribution in [3.63, 3.8) is 0 Å². The van der Waals surface area contributed by atoms with Gasteiger partial charge in [0.25, 0.3) is 0 Å². The lowest BCUT2D eigenvalue weighted by molar-refractivity contribution is 0.479. The van der Waals surface area contributed by atoms with E-state index < -0.39 is 0 Å². The third kappa shape index (κ3) is 3.03. The lowest BCUT2D eigenvalue weighted by Crippen LogP contribution is -2.23. The van der Waals surface area contributed by atoms with Gasteiger partial charge < -0.3 is 5.32 Å². The fraction of sp³-hybridized carbons (Fsp3) is 0.400. The summed E-state index contributed by atoms with van der Waals surface area (Å²) in [5.41, 5.74) is 4.53. The van der Waals surface area contributed by atoms with E-state index in [0.29, 0.717) is 6.04 Å². The maximum absolute atomic E-state index is 3.84. The molecular weight excluding hydrogens is 254 g/mol. The second-order valence-corrected chi connectivity index (χ2v) is 6.58. The lowest BCUT2D eigenvalue weighted by Gasteiger charge is -2.20. The summed E-state index contributed by atoms with van der Waals surface area (Å²) in [4.78, 5) is 0. The number of nitrogens with one attached hydrogen (secondary N) is 1. The Morgan fingerprint density at radius 1 is 0.857 bits per heavy atom. The fourth-order valence-electron chi connectivity index (χ4n) is 3.35. The summed E-state index contributed by atoms with van der Waals surface area (Å²) >= 11 is 0. The molecule has 1 unspecified atom stereocenters. The van der Waals surface area contributed by atoms with E-state index in [-0.39, 0.29) is 0 Å². The molecule has 0 spiro atoms. The zero-order valence-electron chi connectivity index (χ0n) is 12.5. The van der Waals surface area contributed by atoms with Crippen LogP contribution in [0.1, 0.15) is 54.3 Å². The average molecular weight is 277 g/mol. The van der Waals surface area contributed by atoms with Gasteiger partial charge in [0.2, 0.25) is 0 Å². The molecule has 2 saturated carbocycles. The fourth-order valence-corrected chi connectivity index (χ4v) is 3.35. The van der Waals surface area contributed by atoms with Gasteiger partial charge in [-0.25, -0.2) is 0 Å². The molecule has 2 aliphatic rings. The minimum Gasteiger partial charge on any atom is -0.306 e. The standard InChI is InChI=1S/C20H23N/c1-2-6-16(7-3-1)20(17-12-13-17)21-14-18-8-4-5-9-19(18)15-10-11-15/h1-9,15,17,20-21H,10-14H2. The SMILES string of the molecule is c1ccc(C(NCc2ccccc2C2CC2)C2CC2)cc1. The van der Waals surface area contributed by atoms with E-state index in [9.17, 15) is 0 Å². The predicted octanol–water partition coefficient (Wildman–Crippen LogP) is 4.80. The van der Waals surface area contributed by atoms with Crippen molar-refractivity contribution in [3.8, 4) is 0 Å². The molecule has 2 fully saturated rings. The molecule has 0 bridgehead atoms. The molecule has 1 heteroatoms. The molecule has 2 aliphatic carbocycles. The van der Waals surface area contributed by atoms with Gasteiger partial charge in [0.05, 0.1) is 0 Å². The minimum atomic E-state index is 0.526. The topological polar surface area (TPSA) is 12.0 Å². The smallest absolute Gasteiger partial charge is 0.0351 e. The number of benzene rings is 2. The number of rotatable bonds is 6. The Balaban J connectivity index is 1.50. The van der Waals surface area contributed by atoms with Crippen LogP contribution >= 0.6 is 0 Å². The highest BCUT2D eigenvalue weighted by atomic mass is 14.9. The molecule has 0 heterocycles. The van der Waals surface area contributed by atoms with Gasteiger partial charge in [0, 0.05) is 12.6 Å². The van der Waals surface area contributed by atoms with Crippen molar-refractivity contribution in [2.75, 3.05) is 0 Å². The molecule has 0 aromatic heterocycles. The van der Waals surface area contributed by atoms with E-state index in [2.05, 4.69) is 59.9 Å². The van der Waals surface area contributed by atoms with Crippen LogP contribution in [0.2, 0.25) is 0 Å². The van der Waals surface area contributed by atoms with Crippen LogP contribution in [0.5, 0.6) is 0 Å². The van der Waals surface area contributed by atoms with Gasteiger partial charge in [-0.2, -0.15) is 0 Å². The largest absolute Gasteiger partial charge is 0.306 e. The van der Waals surface area contributed by atoms with E-state index in [1.54, 1.807) is 5.56 Å². The first-order chi connectivity index (χ1) is 10.4. The normalized spacial score (nSPS) is 19.4. The molecule has 2 aromatic rings. The second kappa shape index (κ2) is 5.65. The zero-order valence-corrected chi connectivity index (χ0v) is 12.5. The minimum absolute atomic E-state index is 0.526. The summed E-state index contributed by atoms with van der Waals surface area (Å²) in [6, 6.07) is 20.5. The molecule has 0 amide bonds. The van der Waals surface area contributed by atoms with Crippen LogP contribution in [0.4, 0.5) is 0 Å². The Morgan fingerprint density at radius 3 is 2.29 bits per heavy atom. The summed E-state index contributed by atoms with van der Waals surface area (Å²) in [6.45, 7) is 1.00. The van der Waals surface area contributed by atoms with Gasteiger partial charge in [-0.3, -0.25) is 0 Å². The van der Waals surface area contributed by atoms with Crippen LogP contribution < -0.4 is 5.32 Å². The van der Waals surface area contributed by atoms with E-state index in [1.165, 1.54) is 36.8 Å². The number of hydrogen-bond acceptors (Lipinski definition) is 1. The Bertz CT molecular complexity index is 596. The van der Waals surface area contributed by atoms with Gasteiger partial charge in [-0.05, 0) is 54.2 Å². The van der Waals surface area contributed by atoms with Crippen LogP contribution in [0.15, 0.2) is 54.6 Å². The Hall–Kier alpha value is -1.60. The van der Waals surface area contributed by atoms with Crippen molar-refractivity contribution >= 4 is 0 Å². The molecule has 2 aromatic carbocycles. The maximum Gasteiger partial charge on any atom is 0.0351 e. The van der Waals surface area contributed by atoms with Crippen molar-refractivity contribution in [2.24, 2.45) is 5.92 Å². The highest BCUT2D eigenvalue weighted by molar-refractivity contribution is 5.33. The molecular formula is C20H23N. The Morgan fingerprint density at radius 2 is 1.57 bits per heavy atom. The first-order valence-corrected chi connectivity index (χ1v) is 8.28. The lowest BCUT2D eigenvalue weighted by atomic mass is 10.00. The summed E-state index contributed by atoms with van der Waals surface area (Å²) in [7, 11) is 0. The molecule has 1 atom stereocenters. The summed E-state index contributed by atoms with van der Waals surface area (Å²) in [5, 5.41) is 3.84. The van der Waals surface area contributed by atoms with Gasteiger partial charge >= 0.3 is 0 Å². The summed E-state index contributed by atoms with van der Waals surface area (Å²) in [6.07, 6.45) is 5.50. The van der Waals surface area contributed by atoms with Crippen molar-refractivity contribution < 1.29 is 0 Å². The molecule has 1 N–H and O–H groups in total. The molecule has 0 radical (unpaired) electrons. The Labute approximate surface area is 127 Å². The quantitative estimate of drug-likeness (QED) is 0.799.